The number of benzene rings is 2. The first-order valence-corrected chi connectivity index (χ1v) is 9.00. The van der Waals surface area contributed by atoms with Gasteiger partial charge in [-0.2, -0.15) is 0 Å². The smallest absolute Gasteiger partial charge is 0.339 e. The van der Waals surface area contributed by atoms with Crippen LogP contribution in [-0.4, -0.2) is 29.3 Å². The molecule has 1 amide bonds. The zero-order chi connectivity index (χ0) is 19.2. The molecule has 1 N–H and O–H groups in total. The third kappa shape index (κ3) is 4.65. The minimum atomic E-state index is -0.736. The zero-order valence-corrected chi connectivity index (χ0v) is 15.3. The Labute approximate surface area is 159 Å². The number of hydrogen-bond donors (Lipinski definition) is 1. The van der Waals surface area contributed by atoms with Crippen LogP contribution in [0.25, 0.3) is 0 Å². The second-order valence-electron chi connectivity index (χ2n) is 5.66. The summed E-state index contributed by atoms with van der Waals surface area (Å²) in [5.41, 5.74) is 1.60. The molecular weight excluding hydrogens is 364 g/mol. The number of aryl methyl sites for hydroxylation is 1. The van der Waals surface area contributed by atoms with Crippen LogP contribution in [0.3, 0.4) is 0 Å². The van der Waals surface area contributed by atoms with Gasteiger partial charge in [-0.15, -0.1) is 11.3 Å². The highest BCUT2D eigenvalue weighted by atomic mass is 32.1. The summed E-state index contributed by atoms with van der Waals surface area (Å²) < 4.78 is 5.07. The van der Waals surface area contributed by atoms with Gasteiger partial charge in [0.15, 0.2) is 17.5 Å². The first-order chi connectivity index (χ1) is 13.0. The Balaban J connectivity index is 1.68. The summed E-state index contributed by atoms with van der Waals surface area (Å²) in [4.78, 5) is 41.1. The normalized spacial score (nSPS) is 10.3. The quantitative estimate of drug-likeness (QED) is 0.523. The molecule has 6 nitrogen and oxygen atoms in total. The molecule has 0 saturated carbocycles. The molecule has 0 atom stereocenters. The van der Waals surface area contributed by atoms with Gasteiger partial charge in [0.2, 0.25) is 0 Å². The van der Waals surface area contributed by atoms with Gasteiger partial charge < -0.3 is 4.74 Å². The van der Waals surface area contributed by atoms with Gasteiger partial charge in [-0.05, 0) is 13.0 Å². The van der Waals surface area contributed by atoms with E-state index in [9.17, 15) is 14.4 Å². The molecule has 136 valence electrons. The summed E-state index contributed by atoms with van der Waals surface area (Å²) in [6.07, 6.45) is 0. The lowest BCUT2D eigenvalue weighted by Gasteiger charge is -2.09. The molecule has 0 aliphatic rings. The Morgan fingerprint density at radius 1 is 1.00 bits per heavy atom. The molecule has 1 heterocycles. The Morgan fingerprint density at radius 3 is 2.33 bits per heavy atom. The zero-order valence-electron chi connectivity index (χ0n) is 14.5. The lowest BCUT2D eigenvalue weighted by atomic mass is 9.98. The van der Waals surface area contributed by atoms with Crippen LogP contribution in [0.2, 0.25) is 0 Å². The molecule has 3 aromatic rings. The second-order valence-corrected chi connectivity index (χ2v) is 6.52. The number of rotatable bonds is 6. The first-order valence-electron chi connectivity index (χ1n) is 8.12. The average molecular weight is 380 g/mol. The molecule has 7 heteroatoms. The molecule has 27 heavy (non-hydrogen) atoms. The van der Waals surface area contributed by atoms with Gasteiger partial charge >= 0.3 is 5.97 Å². The molecule has 0 unspecified atom stereocenters. The van der Waals surface area contributed by atoms with Gasteiger partial charge in [0, 0.05) is 16.5 Å². The van der Waals surface area contributed by atoms with E-state index in [4.69, 9.17) is 4.74 Å². The molecule has 0 aliphatic carbocycles. The summed E-state index contributed by atoms with van der Waals surface area (Å²) in [5, 5.41) is 4.79. The SMILES string of the molecule is Cc1csc(NC(=O)COC(=O)c2ccccc2C(=O)c2ccccc2)n1. The summed E-state index contributed by atoms with van der Waals surface area (Å²) in [7, 11) is 0. The van der Waals surface area contributed by atoms with Crippen molar-refractivity contribution in [3.8, 4) is 0 Å². The highest BCUT2D eigenvalue weighted by Gasteiger charge is 2.20. The number of nitrogens with zero attached hydrogens (tertiary/aromatic N) is 1. The monoisotopic (exact) mass is 380 g/mol. The number of carbonyl (C=O) groups excluding carboxylic acids is 3. The van der Waals surface area contributed by atoms with Crippen LogP contribution in [0.4, 0.5) is 5.13 Å². The number of nitrogens with one attached hydrogen (secondary N) is 1. The van der Waals surface area contributed by atoms with Crippen molar-refractivity contribution in [1.29, 1.82) is 0 Å². The standard InChI is InChI=1S/C20H16N2O4S/c1-13-12-27-20(21-13)22-17(23)11-26-19(25)16-10-6-5-9-15(16)18(24)14-7-3-2-4-8-14/h2-10,12H,11H2,1H3,(H,21,22,23). The summed E-state index contributed by atoms with van der Waals surface area (Å²) in [6, 6.07) is 15.0. The van der Waals surface area contributed by atoms with E-state index >= 15 is 0 Å². The van der Waals surface area contributed by atoms with Gasteiger partial charge in [-0.3, -0.25) is 14.9 Å². The number of anilines is 1. The van der Waals surface area contributed by atoms with Gasteiger partial charge in [-0.25, -0.2) is 9.78 Å². The van der Waals surface area contributed by atoms with Crippen molar-refractivity contribution in [2.24, 2.45) is 0 Å². The number of ketones is 1. The van der Waals surface area contributed by atoms with Crippen molar-refractivity contribution in [3.63, 3.8) is 0 Å². The molecule has 0 spiro atoms. The Morgan fingerprint density at radius 2 is 1.67 bits per heavy atom. The maximum absolute atomic E-state index is 12.7. The maximum Gasteiger partial charge on any atom is 0.339 e. The van der Waals surface area contributed by atoms with E-state index in [2.05, 4.69) is 10.3 Å². The molecule has 2 aromatic carbocycles. The fraction of sp³-hybridized carbons (Fsp3) is 0.100. The molecule has 0 radical (unpaired) electrons. The van der Waals surface area contributed by atoms with Crippen molar-refractivity contribution in [3.05, 3.63) is 82.4 Å². The Hall–Kier alpha value is -3.32. The van der Waals surface area contributed by atoms with Crippen LogP contribution in [0, 0.1) is 6.92 Å². The van der Waals surface area contributed by atoms with Crippen LogP contribution in [-0.2, 0) is 9.53 Å². The third-order valence-corrected chi connectivity index (χ3v) is 4.50. The Kier molecular flexibility index (Phi) is 5.73. The van der Waals surface area contributed by atoms with Crippen molar-refractivity contribution in [1.82, 2.24) is 4.98 Å². The van der Waals surface area contributed by atoms with Crippen LogP contribution in [0.1, 0.15) is 32.0 Å². The number of ether oxygens (including phenoxy) is 1. The van der Waals surface area contributed by atoms with Gasteiger partial charge in [0.05, 0.1) is 11.3 Å². The van der Waals surface area contributed by atoms with Crippen molar-refractivity contribution < 1.29 is 19.1 Å². The predicted molar refractivity (Wildman–Crippen MR) is 102 cm³/mol. The molecule has 3 rings (SSSR count). The summed E-state index contributed by atoms with van der Waals surface area (Å²) in [6.45, 7) is 1.35. The van der Waals surface area contributed by atoms with Crippen molar-refractivity contribution in [2.75, 3.05) is 11.9 Å². The number of carbonyl (C=O) groups is 3. The average Bonchev–Trinajstić information content (AvgIpc) is 3.10. The lowest BCUT2D eigenvalue weighted by Crippen LogP contribution is -2.22. The molecule has 0 saturated heterocycles. The lowest BCUT2D eigenvalue weighted by molar-refractivity contribution is -0.119. The van der Waals surface area contributed by atoms with E-state index in [0.29, 0.717) is 10.7 Å². The summed E-state index contributed by atoms with van der Waals surface area (Å²) >= 11 is 1.28. The minimum absolute atomic E-state index is 0.115. The second kappa shape index (κ2) is 8.37. The van der Waals surface area contributed by atoms with E-state index < -0.39 is 18.5 Å². The highest BCUT2D eigenvalue weighted by Crippen LogP contribution is 2.17. The predicted octanol–water partition coefficient (Wildman–Crippen LogP) is 3.48. The van der Waals surface area contributed by atoms with E-state index in [1.807, 2.05) is 6.92 Å². The minimum Gasteiger partial charge on any atom is -0.452 e. The van der Waals surface area contributed by atoms with E-state index in [1.54, 1.807) is 53.9 Å². The largest absolute Gasteiger partial charge is 0.452 e. The third-order valence-electron chi connectivity index (χ3n) is 3.63. The highest BCUT2D eigenvalue weighted by molar-refractivity contribution is 7.13. The van der Waals surface area contributed by atoms with Crippen LogP contribution < -0.4 is 5.32 Å². The summed E-state index contributed by atoms with van der Waals surface area (Å²) in [5.74, 6) is -1.52. The molecule has 0 fully saturated rings. The fourth-order valence-electron chi connectivity index (χ4n) is 2.38. The van der Waals surface area contributed by atoms with E-state index in [0.717, 1.165) is 5.69 Å². The van der Waals surface area contributed by atoms with E-state index in [-0.39, 0.29) is 16.9 Å². The molecule has 1 aromatic heterocycles. The Bertz CT molecular complexity index is 982. The van der Waals surface area contributed by atoms with Gasteiger partial charge in [0.25, 0.3) is 5.91 Å². The number of thiazole rings is 1. The number of amides is 1. The van der Waals surface area contributed by atoms with Crippen molar-refractivity contribution >= 4 is 34.1 Å². The number of hydrogen-bond acceptors (Lipinski definition) is 6. The fourth-order valence-corrected chi connectivity index (χ4v) is 3.08. The van der Waals surface area contributed by atoms with E-state index in [1.165, 1.54) is 17.4 Å². The number of aromatic nitrogens is 1. The van der Waals surface area contributed by atoms with Gasteiger partial charge in [-0.1, -0.05) is 48.5 Å². The van der Waals surface area contributed by atoms with Crippen molar-refractivity contribution in [2.45, 2.75) is 6.92 Å². The topological polar surface area (TPSA) is 85.4 Å². The molecular formula is C20H16N2O4S. The van der Waals surface area contributed by atoms with Crippen LogP contribution in [0.15, 0.2) is 60.0 Å². The van der Waals surface area contributed by atoms with Crippen LogP contribution in [0.5, 0.6) is 0 Å². The van der Waals surface area contributed by atoms with Crippen LogP contribution >= 0.6 is 11.3 Å². The van der Waals surface area contributed by atoms with Gasteiger partial charge in [0.1, 0.15) is 0 Å². The number of esters is 1. The first kappa shape index (κ1) is 18.5. The maximum atomic E-state index is 12.7. The molecule has 0 aliphatic heterocycles. The molecule has 0 bridgehead atoms.